The van der Waals surface area contributed by atoms with E-state index < -0.39 is 133 Å². The highest BCUT2D eigenvalue weighted by Crippen LogP contribution is 2.18. The quantitative estimate of drug-likeness (QED) is 0.0210. The maximum absolute atomic E-state index is 13.6. The molecule has 4 rings (SSSR count). The Morgan fingerprint density at radius 1 is 0.542 bits per heavy atom. The van der Waals surface area contributed by atoms with E-state index in [9.17, 15) is 77.6 Å². The number of benzene rings is 3. The van der Waals surface area contributed by atoms with Crippen LogP contribution in [-0.2, 0) is 51.3 Å². The van der Waals surface area contributed by atoms with Crippen molar-refractivity contribution in [1.82, 2.24) is 36.9 Å². The molecule has 5 atom stereocenters. The molecule has 23 nitrogen and oxygen atoms in total. The van der Waals surface area contributed by atoms with Crippen LogP contribution in [0, 0.1) is 11.9 Å². The number of aliphatic carboxylic acids is 5. The van der Waals surface area contributed by atoms with Gasteiger partial charge in [-0.2, -0.15) is 4.39 Å². The Hall–Kier alpha value is -8.83. The van der Waals surface area contributed by atoms with Crippen molar-refractivity contribution in [2.75, 3.05) is 6.54 Å². The minimum atomic E-state index is -1.85. The normalized spacial score (nSPS) is 12.9. The second-order valence-electron chi connectivity index (χ2n) is 16.4. The monoisotopic (exact) mass is 1000 g/mol. The Balaban J connectivity index is 1.32. The molecule has 72 heavy (non-hydrogen) atoms. The van der Waals surface area contributed by atoms with Crippen LogP contribution >= 0.6 is 0 Å². The number of ketones is 1. The molecule has 382 valence electrons. The number of rotatable bonds is 29. The topological polar surface area (TPSA) is 374 Å². The lowest BCUT2D eigenvalue weighted by Gasteiger charge is -2.20. The van der Waals surface area contributed by atoms with Crippen molar-refractivity contribution in [1.29, 1.82) is 0 Å². The third kappa shape index (κ3) is 18.2. The molecule has 0 spiro atoms. The molecule has 5 unspecified atom stereocenters. The summed E-state index contributed by atoms with van der Waals surface area (Å²) in [6.07, 6.45) is -1.54. The van der Waals surface area contributed by atoms with Crippen molar-refractivity contribution < 1.29 is 82.7 Å². The van der Waals surface area contributed by atoms with Gasteiger partial charge < -0.3 is 57.4 Å². The lowest BCUT2D eigenvalue weighted by atomic mass is 9.97. The summed E-state index contributed by atoms with van der Waals surface area (Å²) < 4.78 is 13.1. The third-order valence-electron chi connectivity index (χ3n) is 11.0. The number of carboxylic acids is 5. The van der Waals surface area contributed by atoms with Gasteiger partial charge in [-0.15, -0.1) is 0 Å². The SMILES string of the molecule is O=C(O)CCC(NC(=O)NC(CCCCNC(=O)C(Cc1ccc2ccccc2c1)NC(=O)c1ccc(CNC(=O)C(CC(=O)CCC(NC(=O)c2ccc([18F])nc2)C(=O)O)C(=O)O)cc1)C(=O)O)C(=O)O. The zero-order valence-electron chi connectivity index (χ0n) is 38.3. The van der Waals surface area contributed by atoms with E-state index in [1.165, 1.54) is 24.3 Å². The van der Waals surface area contributed by atoms with E-state index in [-0.39, 0.29) is 49.9 Å². The van der Waals surface area contributed by atoms with E-state index in [1.807, 2.05) is 41.7 Å². The highest BCUT2D eigenvalue weighted by atomic mass is 18.2. The van der Waals surface area contributed by atoms with Gasteiger partial charge in [0.2, 0.25) is 17.8 Å². The van der Waals surface area contributed by atoms with Gasteiger partial charge in [-0.25, -0.2) is 24.2 Å². The van der Waals surface area contributed by atoms with Crippen molar-refractivity contribution in [3.63, 3.8) is 0 Å². The summed E-state index contributed by atoms with van der Waals surface area (Å²) in [4.78, 5) is 139. The van der Waals surface area contributed by atoms with Crippen molar-refractivity contribution in [2.24, 2.45) is 5.92 Å². The molecule has 11 N–H and O–H groups in total. The Kier molecular flexibility index (Phi) is 21.2. The van der Waals surface area contributed by atoms with Crippen molar-refractivity contribution in [3.05, 3.63) is 113 Å². The molecule has 0 radical (unpaired) electrons. The number of hydrogen-bond acceptors (Lipinski definition) is 12. The Bertz CT molecular complexity index is 2650. The van der Waals surface area contributed by atoms with Crippen LogP contribution < -0.4 is 31.9 Å². The molecule has 1 aromatic heterocycles. The molecule has 3 aromatic carbocycles. The highest BCUT2D eigenvalue weighted by Gasteiger charge is 2.31. The first-order valence-corrected chi connectivity index (χ1v) is 22.3. The number of Topliss-reactive ketones (excluding diaryl/α,β-unsaturated/α-hetero) is 1. The first-order valence-electron chi connectivity index (χ1n) is 22.3. The molecule has 0 bridgehead atoms. The van der Waals surface area contributed by atoms with Gasteiger partial charge in [0.15, 0.2) is 0 Å². The predicted octanol–water partition coefficient (Wildman–Crippen LogP) is 2.01. The van der Waals surface area contributed by atoms with Crippen LogP contribution in [-0.4, -0.2) is 127 Å². The standard InChI is InChI=1S/C48H52FN7O16/c49-38-18-14-31(25-51-38)41(61)53-35(46(68)69)16-15-32(57)23-33(44(64)65)42(62)52-24-26-8-12-29(13-9-26)40(60)54-37(22-27-10-11-28-5-1-2-6-30(28)21-27)43(63)50-20-4-3-7-34(45(66)67)55-48(72)56-36(47(70)71)17-19-39(58)59/h1-2,5-6,8-14,18,21,25,33-37H,3-4,7,15-17,19-20,22-24H2,(H,50,63)(H,52,62)(H,53,61)(H,54,60)(H,58,59)(H,64,65)(H,66,67)(H,68,69)(H,70,71)(H2,55,56,72)/i49-1. The van der Waals surface area contributed by atoms with E-state index in [2.05, 4.69) is 31.6 Å². The fraction of sp³-hybridized carbons (Fsp3) is 0.333. The number of halogens is 1. The van der Waals surface area contributed by atoms with Crippen LogP contribution in [0.2, 0.25) is 0 Å². The summed E-state index contributed by atoms with van der Waals surface area (Å²) in [5.41, 5.74) is 1.08. The van der Waals surface area contributed by atoms with E-state index >= 15 is 0 Å². The van der Waals surface area contributed by atoms with Crippen LogP contribution in [0.15, 0.2) is 85.1 Å². The van der Waals surface area contributed by atoms with Crippen molar-refractivity contribution >= 4 is 76.1 Å². The van der Waals surface area contributed by atoms with E-state index in [0.29, 0.717) is 11.1 Å². The van der Waals surface area contributed by atoms with Gasteiger partial charge in [0.1, 0.15) is 35.9 Å². The fourth-order valence-corrected chi connectivity index (χ4v) is 7.02. The number of amides is 6. The number of urea groups is 1. The summed E-state index contributed by atoms with van der Waals surface area (Å²) >= 11 is 0. The average Bonchev–Trinajstić information content (AvgIpc) is 3.34. The summed E-state index contributed by atoms with van der Waals surface area (Å²) in [6.45, 7) is -0.203. The van der Waals surface area contributed by atoms with Gasteiger partial charge in [-0.05, 0) is 78.3 Å². The molecule has 0 aliphatic carbocycles. The molecule has 0 aliphatic heterocycles. The summed E-state index contributed by atoms with van der Waals surface area (Å²) in [7, 11) is 0. The molecule has 0 aliphatic rings. The Morgan fingerprint density at radius 2 is 1.11 bits per heavy atom. The summed E-state index contributed by atoms with van der Waals surface area (Å²) in [5.74, 6) is -14.0. The molecule has 0 saturated heterocycles. The Morgan fingerprint density at radius 3 is 1.72 bits per heavy atom. The molecule has 6 amide bonds. The lowest BCUT2D eigenvalue weighted by Crippen LogP contribution is -2.51. The first kappa shape index (κ1) is 55.8. The van der Waals surface area contributed by atoms with Gasteiger partial charge >= 0.3 is 35.9 Å². The number of unbranched alkanes of at least 4 members (excludes halogenated alkanes) is 1. The molecular formula is C48H52FN7O16. The molecule has 4 aromatic rings. The minimum absolute atomic E-state index is 0.0260. The van der Waals surface area contributed by atoms with Crippen molar-refractivity contribution in [3.8, 4) is 0 Å². The number of fused-ring (bicyclic) bond motifs is 1. The molecular weight excluding hydrogens is 949 g/mol. The number of nitrogens with zero attached hydrogens (tertiary/aromatic N) is 1. The minimum Gasteiger partial charge on any atom is -0.481 e. The first-order chi connectivity index (χ1) is 34.2. The van der Waals surface area contributed by atoms with Crippen LogP contribution in [0.1, 0.15) is 83.2 Å². The number of pyridine rings is 1. The maximum atomic E-state index is 13.6. The predicted molar refractivity (Wildman–Crippen MR) is 249 cm³/mol. The van der Waals surface area contributed by atoms with Gasteiger partial charge in [0, 0.05) is 50.5 Å². The summed E-state index contributed by atoms with van der Waals surface area (Å²) in [5, 5.41) is 63.1. The largest absolute Gasteiger partial charge is 0.481 e. The van der Waals surface area contributed by atoms with Crippen LogP contribution in [0.3, 0.4) is 0 Å². The number of aromatic nitrogens is 1. The molecule has 0 fully saturated rings. The number of carbonyl (C=O) groups is 11. The molecule has 0 saturated carbocycles. The highest BCUT2D eigenvalue weighted by molar-refractivity contribution is 6.01. The van der Waals surface area contributed by atoms with Gasteiger partial charge in [-0.3, -0.25) is 33.6 Å². The maximum Gasteiger partial charge on any atom is 0.326 e. The number of carboxylic acid groups (broad SMARTS) is 5. The Labute approximate surface area is 409 Å². The van der Waals surface area contributed by atoms with Gasteiger partial charge in [0.25, 0.3) is 11.8 Å². The zero-order chi connectivity index (χ0) is 52.9. The average molecular weight is 1000 g/mol. The van der Waals surface area contributed by atoms with Crippen LogP contribution in [0.5, 0.6) is 0 Å². The zero-order valence-corrected chi connectivity index (χ0v) is 38.3. The lowest BCUT2D eigenvalue weighted by molar-refractivity contribution is -0.149. The molecule has 24 heteroatoms. The smallest absolute Gasteiger partial charge is 0.326 e. The number of carbonyl (C=O) groups excluding carboxylic acids is 6. The summed E-state index contributed by atoms with van der Waals surface area (Å²) in [6, 6.07) is 13.8. The number of hydrogen-bond donors (Lipinski definition) is 11. The van der Waals surface area contributed by atoms with Crippen LogP contribution in [0.25, 0.3) is 10.8 Å². The second kappa shape index (κ2) is 27.4. The van der Waals surface area contributed by atoms with E-state index in [1.54, 1.807) is 6.07 Å². The third-order valence-corrected chi connectivity index (χ3v) is 11.0. The van der Waals surface area contributed by atoms with Crippen molar-refractivity contribution in [2.45, 2.75) is 88.5 Å². The van der Waals surface area contributed by atoms with E-state index in [4.69, 9.17) is 5.11 Å². The second-order valence-corrected chi connectivity index (χ2v) is 16.4. The van der Waals surface area contributed by atoms with Crippen LogP contribution in [0.4, 0.5) is 9.18 Å². The van der Waals surface area contributed by atoms with Gasteiger partial charge in [-0.1, -0.05) is 54.6 Å². The van der Waals surface area contributed by atoms with Gasteiger partial charge in [0.05, 0.1) is 5.56 Å². The number of nitrogens with one attached hydrogen (secondary N) is 6. The molecule has 1 heterocycles. The van der Waals surface area contributed by atoms with E-state index in [0.717, 1.165) is 29.1 Å². The fourth-order valence-electron chi connectivity index (χ4n) is 7.02.